The molecule has 0 aliphatic heterocycles. The highest BCUT2D eigenvalue weighted by atomic mass is 16.6. The van der Waals surface area contributed by atoms with Gasteiger partial charge in [0.05, 0.1) is 11.5 Å². The summed E-state index contributed by atoms with van der Waals surface area (Å²) in [5.41, 5.74) is 5.26. The van der Waals surface area contributed by atoms with Crippen LogP contribution in [0.3, 0.4) is 0 Å². The molecular formula is C12H18N4O3. The molecule has 1 fully saturated rings. The summed E-state index contributed by atoms with van der Waals surface area (Å²) in [6, 6.07) is 2.74. The summed E-state index contributed by atoms with van der Waals surface area (Å²) >= 11 is 0. The van der Waals surface area contributed by atoms with Gasteiger partial charge in [-0.3, -0.25) is 10.1 Å². The number of hydrogen-bond donors (Lipinski definition) is 3. The first kappa shape index (κ1) is 13.5. The van der Waals surface area contributed by atoms with Gasteiger partial charge in [-0.15, -0.1) is 0 Å². The normalized spacial score (nSPS) is 17.3. The minimum absolute atomic E-state index is 0.0795. The largest absolute Gasteiger partial charge is 0.396 e. The lowest BCUT2D eigenvalue weighted by Gasteiger charge is -2.26. The Hall–Kier alpha value is -1.89. The summed E-state index contributed by atoms with van der Waals surface area (Å²) < 4.78 is 0. The van der Waals surface area contributed by atoms with Gasteiger partial charge in [-0.2, -0.15) is 0 Å². The van der Waals surface area contributed by atoms with E-state index in [0.717, 1.165) is 25.7 Å². The van der Waals surface area contributed by atoms with Gasteiger partial charge < -0.3 is 16.2 Å². The van der Waals surface area contributed by atoms with Crippen LogP contribution in [0.1, 0.15) is 25.7 Å². The van der Waals surface area contributed by atoms with Crippen molar-refractivity contribution in [2.24, 2.45) is 5.41 Å². The van der Waals surface area contributed by atoms with Gasteiger partial charge in [0, 0.05) is 18.0 Å². The molecule has 0 atom stereocenters. The van der Waals surface area contributed by atoms with Crippen molar-refractivity contribution in [1.29, 1.82) is 0 Å². The fraction of sp³-hybridized carbons (Fsp3) is 0.583. The number of aromatic nitrogens is 1. The van der Waals surface area contributed by atoms with Crippen LogP contribution in [0.15, 0.2) is 12.1 Å². The Morgan fingerprint density at radius 2 is 2.16 bits per heavy atom. The second-order valence-electron chi connectivity index (χ2n) is 5.08. The molecule has 0 bridgehead atoms. The highest BCUT2D eigenvalue weighted by Crippen LogP contribution is 2.38. The van der Waals surface area contributed by atoms with E-state index in [-0.39, 0.29) is 29.3 Å². The van der Waals surface area contributed by atoms with E-state index in [1.54, 1.807) is 0 Å². The molecule has 1 aromatic rings. The number of anilines is 2. The van der Waals surface area contributed by atoms with Crippen molar-refractivity contribution in [2.75, 3.05) is 24.2 Å². The lowest BCUT2D eigenvalue weighted by atomic mass is 9.87. The predicted octanol–water partition coefficient (Wildman–Crippen LogP) is 1.54. The number of aliphatic hydroxyl groups is 1. The van der Waals surface area contributed by atoms with Crippen molar-refractivity contribution in [3.63, 3.8) is 0 Å². The molecule has 0 spiro atoms. The molecule has 1 saturated carbocycles. The van der Waals surface area contributed by atoms with Crippen LogP contribution < -0.4 is 11.1 Å². The lowest BCUT2D eigenvalue weighted by Crippen LogP contribution is -2.31. The molecule has 0 saturated heterocycles. The van der Waals surface area contributed by atoms with Crippen LogP contribution in [0, 0.1) is 15.5 Å². The summed E-state index contributed by atoms with van der Waals surface area (Å²) in [7, 11) is 0. The van der Waals surface area contributed by atoms with Crippen LogP contribution in [0.5, 0.6) is 0 Å². The third kappa shape index (κ3) is 2.93. The third-order valence-electron chi connectivity index (χ3n) is 3.72. The van der Waals surface area contributed by atoms with Crippen molar-refractivity contribution in [3.05, 3.63) is 22.2 Å². The van der Waals surface area contributed by atoms with E-state index in [1.165, 1.54) is 12.1 Å². The average molecular weight is 266 g/mol. The number of nitrogen functional groups attached to an aromatic ring is 1. The zero-order valence-corrected chi connectivity index (χ0v) is 10.6. The molecule has 1 heterocycles. The zero-order chi connectivity index (χ0) is 13.9. The molecule has 2 rings (SSSR count). The second kappa shape index (κ2) is 5.40. The topological polar surface area (TPSA) is 114 Å². The van der Waals surface area contributed by atoms with Gasteiger partial charge in [-0.1, -0.05) is 12.8 Å². The van der Waals surface area contributed by atoms with Crippen LogP contribution in [-0.4, -0.2) is 28.2 Å². The van der Waals surface area contributed by atoms with Gasteiger partial charge in [0.1, 0.15) is 5.82 Å². The molecule has 0 radical (unpaired) electrons. The Balaban J connectivity index is 2.14. The van der Waals surface area contributed by atoms with Crippen molar-refractivity contribution < 1.29 is 10.0 Å². The highest BCUT2D eigenvalue weighted by Gasteiger charge is 2.33. The molecule has 4 N–H and O–H groups in total. The van der Waals surface area contributed by atoms with E-state index in [2.05, 4.69) is 10.3 Å². The monoisotopic (exact) mass is 266 g/mol. The maximum Gasteiger partial charge on any atom is 0.311 e. The number of nitrogens with two attached hydrogens (primary N) is 1. The summed E-state index contributed by atoms with van der Waals surface area (Å²) in [4.78, 5) is 14.4. The molecular weight excluding hydrogens is 248 g/mol. The van der Waals surface area contributed by atoms with Crippen molar-refractivity contribution >= 4 is 17.3 Å². The fourth-order valence-electron chi connectivity index (χ4n) is 2.53. The summed E-state index contributed by atoms with van der Waals surface area (Å²) in [5.74, 6) is 0.405. The summed E-state index contributed by atoms with van der Waals surface area (Å²) in [5, 5.41) is 23.4. The molecule has 104 valence electrons. The van der Waals surface area contributed by atoms with Crippen LogP contribution in [0.25, 0.3) is 0 Å². The van der Waals surface area contributed by atoms with Gasteiger partial charge in [0.15, 0.2) is 0 Å². The van der Waals surface area contributed by atoms with Crippen molar-refractivity contribution in [2.45, 2.75) is 25.7 Å². The van der Waals surface area contributed by atoms with E-state index >= 15 is 0 Å². The van der Waals surface area contributed by atoms with Crippen LogP contribution in [0.2, 0.25) is 0 Å². The standard InChI is InChI=1S/C12H18N4O3/c13-10-4-3-9(16(18)19)11(15-10)14-7-12(8-17)5-1-2-6-12/h3-4,17H,1-2,5-8H2,(H3,13,14,15). The Morgan fingerprint density at radius 3 is 2.74 bits per heavy atom. The number of nitrogens with one attached hydrogen (secondary N) is 1. The molecule has 7 heteroatoms. The minimum atomic E-state index is -0.491. The molecule has 19 heavy (non-hydrogen) atoms. The van der Waals surface area contributed by atoms with Gasteiger partial charge in [0.25, 0.3) is 0 Å². The predicted molar refractivity (Wildman–Crippen MR) is 71.8 cm³/mol. The molecule has 1 aliphatic rings. The molecule has 1 aromatic heterocycles. The van der Waals surface area contributed by atoms with E-state index < -0.39 is 4.92 Å². The van der Waals surface area contributed by atoms with Gasteiger partial charge in [-0.25, -0.2) is 4.98 Å². The Labute approximate surface area is 111 Å². The Kier molecular flexibility index (Phi) is 3.84. The van der Waals surface area contributed by atoms with E-state index in [9.17, 15) is 15.2 Å². The van der Waals surface area contributed by atoms with E-state index in [4.69, 9.17) is 5.73 Å². The number of hydrogen-bond acceptors (Lipinski definition) is 6. The van der Waals surface area contributed by atoms with E-state index in [0.29, 0.717) is 6.54 Å². The Bertz CT molecular complexity index is 472. The van der Waals surface area contributed by atoms with Crippen LogP contribution in [0.4, 0.5) is 17.3 Å². The lowest BCUT2D eigenvalue weighted by molar-refractivity contribution is -0.384. The number of nitrogens with zero attached hydrogens (tertiary/aromatic N) is 2. The fourth-order valence-corrected chi connectivity index (χ4v) is 2.53. The van der Waals surface area contributed by atoms with Crippen molar-refractivity contribution in [3.8, 4) is 0 Å². The maximum atomic E-state index is 10.9. The smallest absolute Gasteiger partial charge is 0.311 e. The van der Waals surface area contributed by atoms with Crippen molar-refractivity contribution in [1.82, 2.24) is 4.98 Å². The molecule has 0 aromatic carbocycles. The number of pyridine rings is 1. The van der Waals surface area contributed by atoms with Gasteiger partial charge in [-0.05, 0) is 18.9 Å². The number of nitro groups is 1. The van der Waals surface area contributed by atoms with Gasteiger partial charge in [0.2, 0.25) is 5.82 Å². The molecule has 7 nitrogen and oxygen atoms in total. The first-order chi connectivity index (χ1) is 9.06. The number of rotatable bonds is 5. The molecule has 0 unspecified atom stereocenters. The Morgan fingerprint density at radius 1 is 1.47 bits per heavy atom. The van der Waals surface area contributed by atoms with Crippen LogP contribution >= 0.6 is 0 Å². The summed E-state index contributed by atoms with van der Waals surface area (Å²) in [6.45, 7) is 0.552. The average Bonchev–Trinajstić information content (AvgIpc) is 2.85. The first-order valence-corrected chi connectivity index (χ1v) is 6.32. The maximum absolute atomic E-state index is 10.9. The first-order valence-electron chi connectivity index (χ1n) is 6.32. The van der Waals surface area contributed by atoms with Gasteiger partial charge >= 0.3 is 5.69 Å². The molecule has 1 aliphatic carbocycles. The number of aliphatic hydroxyl groups excluding tert-OH is 1. The zero-order valence-electron chi connectivity index (χ0n) is 10.6. The van der Waals surface area contributed by atoms with Crippen LogP contribution in [-0.2, 0) is 0 Å². The quantitative estimate of drug-likeness (QED) is 0.550. The van der Waals surface area contributed by atoms with E-state index in [1.807, 2.05) is 0 Å². The second-order valence-corrected chi connectivity index (χ2v) is 5.08. The summed E-state index contributed by atoms with van der Waals surface area (Å²) in [6.07, 6.45) is 4.00. The SMILES string of the molecule is Nc1ccc([N+](=O)[O-])c(NCC2(CO)CCCC2)n1. The minimum Gasteiger partial charge on any atom is -0.396 e. The molecule has 0 amide bonds. The third-order valence-corrected chi connectivity index (χ3v) is 3.72. The highest BCUT2D eigenvalue weighted by molar-refractivity contribution is 5.59.